The molecule has 2 saturated heterocycles. The Morgan fingerprint density at radius 1 is 1.07 bits per heavy atom. The third kappa shape index (κ3) is 6.50. The quantitative estimate of drug-likeness (QED) is 0.209. The predicted octanol–water partition coefficient (Wildman–Crippen LogP) is 1.22. The maximum Gasteiger partial charge on any atom is 0.410 e. The van der Waals surface area contributed by atoms with Gasteiger partial charge in [0, 0.05) is 31.4 Å². The number of nitrogens with one attached hydrogen (secondary N) is 3. The van der Waals surface area contributed by atoms with Crippen molar-refractivity contribution in [3.63, 3.8) is 0 Å². The molecule has 2 atom stereocenters. The number of nitrogens with zero attached hydrogens (tertiary/aromatic N) is 2. The van der Waals surface area contributed by atoms with Gasteiger partial charge in [-0.1, -0.05) is 6.07 Å². The number of anilines is 3. The van der Waals surface area contributed by atoms with Gasteiger partial charge in [0.25, 0.3) is 17.7 Å². The molecule has 0 aromatic heterocycles. The topological polar surface area (TPSA) is 188 Å². The van der Waals surface area contributed by atoms with Crippen molar-refractivity contribution >= 4 is 52.7 Å². The smallest absolute Gasteiger partial charge is 0.410 e. The van der Waals surface area contributed by atoms with Crippen LogP contribution in [0, 0.1) is 17.0 Å². The molecule has 2 aliphatic heterocycles. The first-order valence-corrected chi connectivity index (χ1v) is 12.4. The predicted molar refractivity (Wildman–Crippen MR) is 140 cm³/mol. The summed E-state index contributed by atoms with van der Waals surface area (Å²) in [6.45, 7) is 1.51. The van der Waals surface area contributed by atoms with E-state index < -0.39 is 64.8 Å². The van der Waals surface area contributed by atoms with Gasteiger partial charge in [-0.15, -0.1) is 0 Å². The lowest BCUT2D eigenvalue weighted by Crippen LogP contribution is -2.56. The number of rotatable bonds is 7. The Bertz CT molecular complexity index is 1450. The van der Waals surface area contributed by atoms with E-state index in [1.54, 1.807) is 29.6 Å². The Balaban J connectivity index is 1.56. The van der Waals surface area contributed by atoms with Crippen LogP contribution < -0.4 is 20.4 Å². The number of esters is 1. The van der Waals surface area contributed by atoms with Crippen LogP contribution in [0.25, 0.3) is 0 Å². The molecular formula is C26H25F2N5O9. The summed E-state index contributed by atoms with van der Waals surface area (Å²) in [5.74, 6) is -7.43. The van der Waals surface area contributed by atoms with Gasteiger partial charge in [-0.3, -0.25) is 29.9 Å². The van der Waals surface area contributed by atoms with Crippen molar-refractivity contribution in [2.45, 2.75) is 19.1 Å². The second-order valence-electron chi connectivity index (χ2n) is 9.01. The monoisotopic (exact) mass is 589 g/mol. The zero-order valence-electron chi connectivity index (χ0n) is 22.0. The molecule has 42 heavy (non-hydrogen) atoms. The fraction of sp³-hybridized carbons (Fsp3) is 0.308. The zero-order valence-corrected chi connectivity index (χ0v) is 22.0. The number of ether oxygens (including phenoxy) is 3. The highest BCUT2D eigenvalue weighted by Crippen LogP contribution is 2.28. The van der Waals surface area contributed by atoms with Gasteiger partial charge in [-0.2, -0.15) is 0 Å². The third-order valence-corrected chi connectivity index (χ3v) is 6.23. The normalized spacial score (nSPS) is 17.8. The van der Waals surface area contributed by atoms with E-state index in [-0.39, 0.29) is 25.7 Å². The van der Waals surface area contributed by atoms with Crippen LogP contribution in [0.1, 0.15) is 12.5 Å². The average Bonchev–Trinajstić information content (AvgIpc) is 2.94. The van der Waals surface area contributed by atoms with E-state index in [1.165, 1.54) is 9.80 Å². The first-order valence-electron chi connectivity index (χ1n) is 12.4. The molecule has 0 unspecified atom stereocenters. The number of hydrogen-bond donors (Lipinski definition) is 4. The van der Waals surface area contributed by atoms with Crippen molar-refractivity contribution in [3.05, 3.63) is 53.6 Å². The summed E-state index contributed by atoms with van der Waals surface area (Å²) in [5.41, 5.74) is -0.580. The van der Waals surface area contributed by atoms with Crippen molar-refractivity contribution in [1.29, 1.82) is 5.41 Å². The van der Waals surface area contributed by atoms with E-state index in [9.17, 15) is 32.8 Å². The minimum absolute atomic E-state index is 0.0574. The number of carbonyl (C=O) groups excluding carboxylic acids is 4. The van der Waals surface area contributed by atoms with Gasteiger partial charge in [-0.05, 0) is 30.3 Å². The van der Waals surface area contributed by atoms with Gasteiger partial charge in [0.2, 0.25) is 6.10 Å². The van der Waals surface area contributed by atoms with Crippen molar-refractivity contribution in [2.24, 2.45) is 0 Å². The molecule has 0 bridgehead atoms. The fourth-order valence-electron chi connectivity index (χ4n) is 4.35. The van der Waals surface area contributed by atoms with Gasteiger partial charge in [0.05, 0.1) is 24.5 Å². The van der Waals surface area contributed by atoms with Crippen molar-refractivity contribution < 1.29 is 52.1 Å². The molecule has 4 N–H and O–H groups in total. The highest BCUT2D eigenvalue weighted by molar-refractivity contribution is 6.06. The minimum atomic E-state index is -1.92. The second-order valence-corrected chi connectivity index (χ2v) is 9.01. The van der Waals surface area contributed by atoms with E-state index >= 15 is 0 Å². The van der Waals surface area contributed by atoms with Crippen LogP contribution in [0.2, 0.25) is 0 Å². The molecule has 222 valence electrons. The fourth-order valence-corrected chi connectivity index (χ4v) is 4.35. The molecule has 2 aromatic carbocycles. The van der Waals surface area contributed by atoms with Crippen LogP contribution in [-0.4, -0.2) is 85.8 Å². The Labute approximate surface area is 236 Å². The summed E-state index contributed by atoms with van der Waals surface area (Å²) in [6.07, 6.45) is -5.26. The average molecular weight is 590 g/mol. The molecule has 4 rings (SSSR count). The molecular weight excluding hydrogens is 564 g/mol. The van der Waals surface area contributed by atoms with E-state index in [0.717, 1.165) is 19.1 Å². The van der Waals surface area contributed by atoms with Gasteiger partial charge in [0.1, 0.15) is 12.4 Å². The Hall–Kier alpha value is -4.96. The Morgan fingerprint density at radius 2 is 1.76 bits per heavy atom. The molecule has 0 radical (unpaired) electrons. The van der Waals surface area contributed by atoms with E-state index in [1.807, 2.05) is 5.32 Å². The number of amides is 4. The first kappa shape index (κ1) is 30.0. The number of amidine groups is 1. The van der Waals surface area contributed by atoms with E-state index in [4.69, 9.17) is 24.7 Å². The summed E-state index contributed by atoms with van der Waals surface area (Å²) in [4.78, 5) is 64.3. The lowest BCUT2D eigenvalue weighted by molar-refractivity contribution is -0.167. The van der Waals surface area contributed by atoms with Crippen LogP contribution >= 0.6 is 0 Å². The number of carbonyl (C=O) groups is 5. The molecule has 2 heterocycles. The molecule has 0 spiro atoms. The molecule has 0 aliphatic carbocycles. The summed E-state index contributed by atoms with van der Waals surface area (Å²) in [7, 11) is 0. The standard InChI is InChI=1S/C26H25F2N5O9/c1-13(34)42-21(24(36)30-17-6-5-16(19(27)20(17)28)23(29)31-26(38)39)22-25(37)33(8-10-41-22)15-4-2-3-14(11-15)32-7-9-40-12-18(32)35/h2-6,11,21-22H,7-10,12H2,1H3,(H2,29,31)(H,30,36)(H,38,39)/t21-,22-/m1/s1. The molecule has 0 saturated carbocycles. The SMILES string of the molecule is CC(=O)O[C@@H](C(=O)Nc1ccc(C(=N)NC(=O)O)c(F)c1F)[C@H]1OCCN(c2cccc(N3CCOCC3=O)c2)C1=O. The molecule has 14 nitrogen and oxygen atoms in total. The largest absolute Gasteiger partial charge is 0.465 e. The third-order valence-electron chi connectivity index (χ3n) is 6.23. The van der Waals surface area contributed by atoms with Crippen molar-refractivity contribution in [2.75, 3.05) is 48.0 Å². The zero-order chi connectivity index (χ0) is 30.6. The number of carboxylic acid groups (broad SMARTS) is 1. The van der Waals surface area contributed by atoms with E-state index in [0.29, 0.717) is 24.5 Å². The van der Waals surface area contributed by atoms with Gasteiger partial charge < -0.3 is 34.4 Å². The first-order chi connectivity index (χ1) is 20.0. The molecule has 2 aliphatic rings. The molecule has 16 heteroatoms. The minimum Gasteiger partial charge on any atom is -0.465 e. The number of morpholine rings is 2. The van der Waals surface area contributed by atoms with Crippen molar-refractivity contribution in [3.8, 4) is 0 Å². The number of benzene rings is 2. The van der Waals surface area contributed by atoms with Gasteiger partial charge >= 0.3 is 12.1 Å². The molecule has 2 aromatic rings. The molecule has 2 fully saturated rings. The van der Waals surface area contributed by atoms with E-state index in [2.05, 4.69) is 0 Å². The van der Waals surface area contributed by atoms with Crippen LogP contribution in [0.5, 0.6) is 0 Å². The van der Waals surface area contributed by atoms with Crippen molar-refractivity contribution in [1.82, 2.24) is 5.32 Å². The summed E-state index contributed by atoms with van der Waals surface area (Å²) in [5, 5.41) is 19.9. The van der Waals surface area contributed by atoms with Crippen LogP contribution in [0.4, 0.5) is 30.6 Å². The van der Waals surface area contributed by atoms with Crippen LogP contribution in [-0.2, 0) is 33.4 Å². The Kier molecular flexibility index (Phi) is 9.07. The van der Waals surface area contributed by atoms with Crippen LogP contribution in [0.15, 0.2) is 36.4 Å². The maximum absolute atomic E-state index is 14.8. The second kappa shape index (κ2) is 12.7. The lowest BCUT2D eigenvalue weighted by atomic mass is 10.1. The maximum atomic E-state index is 14.8. The summed E-state index contributed by atoms with van der Waals surface area (Å²) >= 11 is 0. The number of hydrogen-bond acceptors (Lipinski definition) is 9. The summed E-state index contributed by atoms with van der Waals surface area (Å²) in [6, 6.07) is 8.23. The van der Waals surface area contributed by atoms with Gasteiger partial charge in [0.15, 0.2) is 17.7 Å². The molecule has 4 amide bonds. The highest BCUT2D eigenvalue weighted by atomic mass is 19.2. The Morgan fingerprint density at radius 3 is 2.43 bits per heavy atom. The lowest BCUT2D eigenvalue weighted by Gasteiger charge is -2.35. The number of halogens is 2. The summed E-state index contributed by atoms with van der Waals surface area (Å²) < 4.78 is 45.0. The van der Waals surface area contributed by atoms with Gasteiger partial charge in [-0.25, -0.2) is 13.6 Å². The highest BCUT2D eigenvalue weighted by Gasteiger charge is 2.43. The van der Waals surface area contributed by atoms with Crippen LogP contribution in [0.3, 0.4) is 0 Å².